The lowest BCUT2D eigenvalue weighted by atomic mass is 10.2. The SMILES string of the molecule is FC(F)Oc1cccc(-n2ccnc2-c2cnn3cccnc23)c1. The molecule has 0 N–H and O–H groups in total. The summed E-state index contributed by atoms with van der Waals surface area (Å²) in [5.41, 5.74) is 2.04. The molecule has 3 heterocycles. The van der Waals surface area contributed by atoms with Crippen molar-refractivity contribution >= 4 is 5.65 Å². The van der Waals surface area contributed by atoms with E-state index in [2.05, 4.69) is 19.8 Å². The first-order chi connectivity index (χ1) is 11.7. The highest BCUT2D eigenvalue weighted by molar-refractivity contribution is 5.73. The Morgan fingerprint density at radius 2 is 1.96 bits per heavy atom. The average Bonchev–Trinajstić information content (AvgIpc) is 3.21. The summed E-state index contributed by atoms with van der Waals surface area (Å²) in [5.74, 6) is 0.693. The van der Waals surface area contributed by atoms with Crippen molar-refractivity contribution in [3.05, 3.63) is 61.3 Å². The van der Waals surface area contributed by atoms with Crippen LogP contribution in [0.4, 0.5) is 8.78 Å². The zero-order valence-electron chi connectivity index (χ0n) is 12.3. The number of aromatic nitrogens is 5. The molecule has 8 heteroatoms. The van der Waals surface area contributed by atoms with E-state index in [4.69, 9.17) is 0 Å². The summed E-state index contributed by atoms with van der Waals surface area (Å²) >= 11 is 0. The summed E-state index contributed by atoms with van der Waals surface area (Å²) in [4.78, 5) is 8.67. The average molecular weight is 327 g/mol. The maximum atomic E-state index is 12.4. The summed E-state index contributed by atoms with van der Waals surface area (Å²) in [6.07, 6.45) is 8.49. The molecule has 0 aliphatic rings. The monoisotopic (exact) mass is 327 g/mol. The Hall–Kier alpha value is -3.29. The van der Waals surface area contributed by atoms with Crippen LogP contribution in [0.1, 0.15) is 0 Å². The van der Waals surface area contributed by atoms with E-state index in [1.807, 2.05) is 0 Å². The number of alkyl halides is 2. The van der Waals surface area contributed by atoms with E-state index >= 15 is 0 Å². The Morgan fingerprint density at radius 3 is 2.83 bits per heavy atom. The Morgan fingerprint density at radius 1 is 1.04 bits per heavy atom. The molecule has 3 aromatic heterocycles. The summed E-state index contributed by atoms with van der Waals surface area (Å²) in [7, 11) is 0. The van der Waals surface area contributed by atoms with Gasteiger partial charge in [0.1, 0.15) is 11.6 Å². The molecule has 0 aliphatic heterocycles. The van der Waals surface area contributed by atoms with Gasteiger partial charge < -0.3 is 4.74 Å². The van der Waals surface area contributed by atoms with Gasteiger partial charge in [0.25, 0.3) is 0 Å². The number of benzene rings is 1. The van der Waals surface area contributed by atoms with Crippen LogP contribution in [0, 0.1) is 0 Å². The van der Waals surface area contributed by atoms with Crippen molar-refractivity contribution in [3.8, 4) is 22.8 Å². The fourth-order valence-corrected chi connectivity index (χ4v) is 2.51. The standard InChI is InChI=1S/C16H11F2N5O/c17-16(18)24-12-4-1-3-11(9-12)22-8-6-20-14(22)13-10-21-23-7-2-5-19-15(13)23/h1-10,16H. The van der Waals surface area contributed by atoms with E-state index in [0.29, 0.717) is 17.2 Å². The molecule has 6 nitrogen and oxygen atoms in total. The molecule has 0 radical (unpaired) electrons. The second kappa shape index (κ2) is 5.73. The van der Waals surface area contributed by atoms with Gasteiger partial charge in [0.15, 0.2) is 5.65 Å². The van der Waals surface area contributed by atoms with Gasteiger partial charge in [-0.15, -0.1) is 0 Å². The number of fused-ring (bicyclic) bond motifs is 1. The topological polar surface area (TPSA) is 57.2 Å². The van der Waals surface area contributed by atoms with Gasteiger partial charge in [-0.1, -0.05) is 6.07 Å². The number of ether oxygens (including phenoxy) is 1. The van der Waals surface area contributed by atoms with E-state index in [0.717, 1.165) is 5.56 Å². The minimum atomic E-state index is -2.87. The highest BCUT2D eigenvalue weighted by Crippen LogP contribution is 2.26. The van der Waals surface area contributed by atoms with Crippen molar-refractivity contribution in [1.29, 1.82) is 0 Å². The number of imidazole rings is 1. The van der Waals surface area contributed by atoms with Crippen LogP contribution in [0.15, 0.2) is 61.3 Å². The first kappa shape index (κ1) is 14.3. The molecule has 0 bridgehead atoms. The molecule has 4 rings (SSSR count). The van der Waals surface area contributed by atoms with Gasteiger partial charge in [-0.05, 0) is 18.2 Å². The van der Waals surface area contributed by atoms with Crippen molar-refractivity contribution in [2.75, 3.05) is 0 Å². The van der Waals surface area contributed by atoms with Crippen molar-refractivity contribution in [2.24, 2.45) is 0 Å². The Bertz CT molecular complexity index is 995. The largest absolute Gasteiger partial charge is 0.435 e. The molecule has 0 unspecified atom stereocenters. The molecular weight excluding hydrogens is 316 g/mol. The van der Waals surface area contributed by atoms with Crippen LogP contribution in [-0.2, 0) is 0 Å². The van der Waals surface area contributed by atoms with E-state index < -0.39 is 6.61 Å². The first-order valence-corrected chi connectivity index (χ1v) is 7.10. The van der Waals surface area contributed by atoms with Crippen LogP contribution in [0.25, 0.3) is 22.7 Å². The number of hydrogen-bond donors (Lipinski definition) is 0. The Balaban J connectivity index is 1.81. The molecule has 0 saturated carbocycles. The van der Waals surface area contributed by atoms with Crippen LogP contribution in [-0.4, -0.2) is 30.8 Å². The van der Waals surface area contributed by atoms with Gasteiger partial charge in [-0.3, -0.25) is 4.57 Å². The van der Waals surface area contributed by atoms with Gasteiger partial charge in [-0.2, -0.15) is 13.9 Å². The minimum Gasteiger partial charge on any atom is -0.435 e. The summed E-state index contributed by atoms with van der Waals surface area (Å²) in [6.45, 7) is -2.87. The highest BCUT2D eigenvalue weighted by atomic mass is 19.3. The molecule has 0 spiro atoms. The van der Waals surface area contributed by atoms with Gasteiger partial charge in [0, 0.05) is 30.9 Å². The molecular formula is C16H11F2N5O. The van der Waals surface area contributed by atoms with Crippen LogP contribution in [0.2, 0.25) is 0 Å². The lowest BCUT2D eigenvalue weighted by Crippen LogP contribution is -2.03. The van der Waals surface area contributed by atoms with E-state index in [1.165, 1.54) is 12.1 Å². The maximum Gasteiger partial charge on any atom is 0.387 e. The van der Waals surface area contributed by atoms with Gasteiger partial charge in [0.2, 0.25) is 0 Å². The van der Waals surface area contributed by atoms with Crippen LogP contribution >= 0.6 is 0 Å². The van der Waals surface area contributed by atoms with Gasteiger partial charge in [-0.25, -0.2) is 14.5 Å². The van der Waals surface area contributed by atoms with Crippen molar-refractivity contribution in [1.82, 2.24) is 24.1 Å². The van der Waals surface area contributed by atoms with Crippen molar-refractivity contribution in [3.63, 3.8) is 0 Å². The van der Waals surface area contributed by atoms with Crippen molar-refractivity contribution < 1.29 is 13.5 Å². The number of hydrogen-bond acceptors (Lipinski definition) is 4. The van der Waals surface area contributed by atoms with E-state index in [1.54, 1.807) is 58.3 Å². The molecule has 120 valence electrons. The number of halogens is 2. The molecule has 1 aromatic carbocycles. The first-order valence-electron chi connectivity index (χ1n) is 7.10. The van der Waals surface area contributed by atoms with Crippen LogP contribution in [0.5, 0.6) is 5.75 Å². The zero-order valence-corrected chi connectivity index (χ0v) is 12.3. The molecule has 0 fully saturated rings. The van der Waals surface area contributed by atoms with E-state index in [9.17, 15) is 8.78 Å². The minimum absolute atomic E-state index is 0.0835. The smallest absolute Gasteiger partial charge is 0.387 e. The van der Waals surface area contributed by atoms with Crippen LogP contribution < -0.4 is 4.74 Å². The summed E-state index contributed by atoms with van der Waals surface area (Å²) in [6, 6.07) is 8.20. The van der Waals surface area contributed by atoms with Gasteiger partial charge in [0.05, 0.1) is 17.4 Å². The third-order valence-electron chi connectivity index (χ3n) is 3.48. The molecule has 0 atom stereocenters. The fourth-order valence-electron chi connectivity index (χ4n) is 2.51. The van der Waals surface area contributed by atoms with Gasteiger partial charge >= 0.3 is 6.61 Å². The predicted molar refractivity (Wildman–Crippen MR) is 82.2 cm³/mol. The van der Waals surface area contributed by atoms with Crippen molar-refractivity contribution in [2.45, 2.75) is 6.61 Å². The summed E-state index contributed by atoms with van der Waals surface area (Å²) in [5, 5.41) is 4.24. The number of rotatable bonds is 4. The predicted octanol–water partition coefficient (Wildman–Crippen LogP) is 3.18. The third-order valence-corrected chi connectivity index (χ3v) is 3.48. The molecule has 0 aliphatic carbocycles. The second-order valence-electron chi connectivity index (χ2n) is 4.94. The Kier molecular flexibility index (Phi) is 3.42. The van der Waals surface area contributed by atoms with E-state index in [-0.39, 0.29) is 5.75 Å². The number of nitrogens with zero attached hydrogens (tertiary/aromatic N) is 5. The molecule has 4 aromatic rings. The molecule has 24 heavy (non-hydrogen) atoms. The maximum absolute atomic E-state index is 12.4. The second-order valence-corrected chi connectivity index (χ2v) is 4.94. The molecule has 0 saturated heterocycles. The zero-order chi connectivity index (χ0) is 16.5. The normalized spacial score (nSPS) is 11.3. The third kappa shape index (κ3) is 2.47. The highest BCUT2D eigenvalue weighted by Gasteiger charge is 2.14. The molecule has 0 amide bonds. The van der Waals surface area contributed by atoms with Crippen LogP contribution in [0.3, 0.4) is 0 Å². The Labute approximate surface area is 135 Å². The quantitative estimate of drug-likeness (QED) is 0.578. The fraction of sp³-hybridized carbons (Fsp3) is 0.0625. The summed E-state index contributed by atoms with van der Waals surface area (Å²) < 4.78 is 32.7. The lowest BCUT2D eigenvalue weighted by Gasteiger charge is -2.09. The lowest BCUT2D eigenvalue weighted by molar-refractivity contribution is -0.0498.